The van der Waals surface area contributed by atoms with Crippen LogP contribution in [0.25, 0.3) is 0 Å². The highest BCUT2D eigenvalue weighted by atomic mass is 32.2. The van der Waals surface area contributed by atoms with E-state index in [1.807, 2.05) is 0 Å². The number of hydrogen-bond acceptors (Lipinski definition) is 7. The van der Waals surface area contributed by atoms with Gasteiger partial charge in [0.2, 0.25) is 5.88 Å². The van der Waals surface area contributed by atoms with E-state index in [0.717, 1.165) is 31.7 Å². The first kappa shape index (κ1) is 20.8. The van der Waals surface area contributed by atoms with Crippen molar-refractivity contribution >= 4 is 21.6 Å². The van der Waals surface area contributed by atoms with Crippen LogP contribution in [0.4, 0.5) is 10.2 Å². The lowest BCUT2D eigenvalue weighted by Gasteiger charge is -2.34. The van der Waals surface area contributed by atoms with Gasteiger partial charge >= 0.3 is 0 Å². The highest BCUT2D eigenvalue weighted by molar-refractivity contribution is 7.91. The number of carbonyl (C=O) groups excluding carboxylic acids is 1. The highest BCUT2D eigenvalue weighted by Crippen LogP contribution is 2.27. The molecule has 4 N–H and O–H groups in total. The average molecular weight is 415 g/mol. The molecule has 1 aliphatic carbocycles. The number of pyridine rings is 1. The smallest absolute Gasteiger partial charge is 0.254 e. The Morgan fingerprint density at radius 2 is 1.71 bits per heavy atom. The first-order chi connectivity index (χ1) is 13.3. The maximum absolute atomic E-state index is 14.3. The van der Waals surface area contributed by atoms with Gasteiger partial charge in [-0.1, -0.05) is 0 Å². The molecule has 1 aromatic rings. The summed E-state index contributed by atoms with van der Waals surface area (Å²) in [6.07, 6.45) is 4.84. The number of sulfone groups is 1. The Labute approximate surface area is 164 Å². The Kier molecular flexibility index (Phi) is 6.39. The number of primary amides is 1. The van der Waals surface area contributed by atoms with Crippen molar-refractivity contribution < 1.29 is 22.3 Å². The topological polar surface area (TPSA) is 123 Å². The van der Waals surface area contributed by atoms with Gasteiger partial charge in [0.05, 0.1) is 18.6 Å². The van der Waals surface area contributed by atoms with Crippen LogP contribution in [0.2, 0.25) is 0 Å². The number of nitrogens with one attached hydrogen (secondary N) is 2. The Balaban J connectivity index is 1.52. The minimum Gasteiger partial charge on any atom is -0.480 e. The number of nitrogens with two attached hydrogens (primary N) is 1. The van der Waals surface area contributed by atoms with Crippen molar-refractivity contribution in [1.29, 1.82) is 0 Å². The molecule has 2 aliphatic rings. The van der Waals surface area contributed by atoms with Crippen LogP contribution in [-0.2, 0) is 9.84 Å². The van der Waals surface area contributed by atoms with Crippen molar-refractivity contribution in [2.75, 3.05) is 23.9 Å². The summed E-state index contributed by atoms with van der Waals surface area (Å²) in [4.78, 5) is 15.4. The summed E-state index contributed by atoms with van der Waals surface area (Å²) in [7, 11) is -1.50. The van der Waals surface area contributed by atoms with E-state index in [1.165, 1.54) is 7.11 Å². The number of aromatic nitrogens is 1. The van der Waals surface area contributed by atoms with Gasteiger partial charge in [0, 0.05) is 18.1 Å². The first-order valence-corrected chi connectivity index (χ1v) is 11.4. The van der Waals surface area contributed by atoms with Crippen molar-refractivity contribution in [3.8, 4) is 5.88 Å². The molecule has 10 heteroatoms. The van der Waals surface area contributed by atoms with Crippen LogP contribution in [0.5, 0.6) is 5.88 Å². The summed E-state index contributed by atoms with van der Waals surface area (Å²) >= 11 is 0. The van der Waals surface area contributed by atoms with Crippen LogP contribution in [0.15, 0.2) is 6.07 Å². The number of nitrogens with zero attached hydrogens (tertiary/aromatic N) is 1. The zero-order valence-corrected chi connectivity index (χ0v) is 16.7. The van der Waals surface area contributed by atoms with Gasteiger partial charge in [-0.3, -0.25) is 4.79 Å². The molecule has 2 fully saturated rings. The quantitative estimate of drug-likeness (QED) is 0.639. The normalized spacial score (nSPS) is 25.2. The van der Waals surface area contributed by atoms with Gasteiger partial charge in [-0.2, -0.15) is 4.98 Å². The maximum atomic E-state index is 14.3. The van der Waals surface area contributed by atoms with Crippen LogP contribution >= 0.6 is 0 Å². The molecule has 0 spiro atoms. The van der Waals surface area contributed by atoms with Crippen molar-refractivity contribution in [1.82, 2.24) is 10.3 Å². The molecule has 0 unspecified atom stereocenters. The van der Waals surface area contributed by atoms with Crippen molar-refractivity contribution in [3.05, 3.63) is 17.4 Å². The third-order valence-corrected chi connectivity index (χ3v) is 7.21. The second-order valence-corrected chi connectivity index (χ2v) is 9.83. The molecule has 2 heterocycles. The molecule has 1 amide bonds. The van der Waals surface area contributed by atoms with Crippen LogP contribution in [0.1, 0.15) is 48.9 Å². The fourth-order valence-corrected chi connectivity index (χ4v) is 5.38. The second-order valence-electron chi connectivity index (χ2n) is 7.53. The minimum absolute atomic E-state index is 0.000923. The Morgan fingerprint density at radius 1 is 1.14 bits per heavy atom. The van der Waals surface area contributed by atoms with E-state index in [9.17, 15) is 17.6 Å². The molecule has 28 heavy (non-hydrogen) atoms. The summed E-state index contributed by atoms with van der Waals surface area (Å²) in [6.45, 7) is 0. The lowest BCUT2D eigenvalue weighted by Crippen LogP contribution is -2.45. The molecule has 0 atom stereocenters. The van der Waals surface area contributed by atoms with Crippen molar-refractivity contribution in [3.63, 3.8) is 0 Å². The molecule has 1 aliphatic heterocycles. The van der Waals surface area contributed by atoms with Crippen molar-refractivity contribution in [2.24, 2.45) is 5.73 Å². The number of halogens is 1. The summed E-state index contributed by atoms with van der Waals surface area (Å²) in [5, 5.41) is 6.68. The fraction of sp³-hybridized carbons (Fsp3) is 0.667. The van der Waals surface area contributed by atoms with Crippen LogP contribution in [-0.4, -0.2) is 56.0 Å². The van der Waals surface area contributed by atoms with Gasteiger partial charge in [-0.05, 0) is 44.6 Å². The third-order valence-electron chi connectivity index (χ3n) is 5.49. The minimum atomic E-state index is -2.85. The van der Waals surface area contributed by atoms with Crippen molar-refractivity contribution in [2.45, 2.75) is 56.7 Å². The zero-order valence-electron chi connectivity index (χ0n) is 15.9. The Bertz CT molecular complexity index is 811. The summed E-state index contributed by atoms with van der Waals surface area (Å²) in [5.41, 5.74) is 5.12. The zero-order chi connectivity index (χ0) is 20.3. The molecule has 3 rings (SSSR count). The molecule has 1 saturated carbocycles. The number of ether oxygens (including phenoxy) is 1. The lowest BCUT2D eigenvalue weighted by atomic mass is 9.90. The van der Waals surface area contributed by atoms with E-state index in [4.69, 9.17) is 10.5 Å². The number of methoxy groups -OCH3 is 1. The molecule has 0 aromatic carbocycles. The number of anilines is 1. The molecule has 0 radical (unpaired) electrons. The molecule has 1 aromatic heterocycles. The van der Waals surface area contributed by atoms with Crippen LogP contribution < -0.4 is 21.1 Å². The van der Waals surface area contributed by atoms with Crippen LogP contribution in [0, 0.1) is 5.82 Å². The van der Waals surface area contributed by atoms with Crippen LogP contribution in [0.3, 0.4) is 0 Å². The predicted octanol–water partition coefficient (Wildman–Crippen LogP) is 1.22. The van der Waals surface area contributed by atoms with E-state index in [1.54, 1.807) is 0 Å². The molecule has 1 saturated heterocycles. The van der Waals surface area contributed by atoms with E-state index in [0.29, 0.717) is 18.9 Å². The number of amides is 1. The SMILES string of the molecule is COc1nc(N[C@H]2CC[C@H](NC3CCS(=O)(=O)CC3)CC2)c(F)cc1C(N)=O. The average Bonchev–Trinajstić information content (AvgIpc) is 2.66. The van der Waals surface area contributed by atoms with E-state index >= 15 is 0 Å². The largest absolute Gasteiger partial charge is 0.480 e. The molecule has 0 bridgehead atoms. The van der Waals surface area contributed by atoms with E-state index < -0.39 is 21.6 Å². The monoisotopic (exact) mass is 414 g/mol. The van der Waals surface area contributed by atoms with Gasteiger partial charge in [-0.25, -0.2) is 12.8 Å². The predicted molar refractivity (Wildman–Crippen MR) is 104 cm³/mol. The third kappa shape index (κ3) is 5.11. The van der Waals surface area contributed by atoms with E-state index in [2.05, 4.69) is 15.6 Å². The fourth-order valence-electron chi connectivity index (χ4n) is 3.89. The van der Waals surface area contributed by atoms with E-state index in [-0.39, 0.29) is 40.9 Å². The Morgan fingerprint density at radius 3 is 2.29 bits per heavy atom. The molecule has 156 valence electrons. The van der Waals surface area contributed by atoms with Gasteiger partial charge in [0.1, 0.15) is 15.4 Å². The Hall–Kier alpha value is -1.94. The summed E-state index contributed by atoms with van der Waals surface area (Å²) in [5.74, 6) is -0.865. The second kappa shape index (κ2) is 8.60. The standard InChI is InChI=1S/C18H27FN4O4S/c1-27-18-14(16(20)24)10-15(19)17(23-18)22-12-4-2-11(3-5-12)21-13-6-8-28(25,26)9-7-13/h10-13,21H,2-9H2,1H3,(H2,20,24)(H,22,23)/t11-,12-. The number of carbonyl (C=O) groups is 1. The van der Waals surface area contributed by atoms with Gasteiger partial charge in [0.15, 0.2) is 11.6 Å². The summed E-state index contributed by atoms with van der Waals surface area (Å²) < 4.78 is 42.4. The van der Waals surface area contributed by atoms with Gasteiger partial charge in [0.25, 0.3) is 5.91 Å². The lowest BCUT2D eigenvalue weighted by molar-refractivity contribution is 0.0996. The van der Waals surface area contributed by atoms with Gasteiger partial charge < -0.3 is 21.1 Å². The summed E-state index contributed by atoms with van der Waals surface area (Å²) in [6, 6.07) is 1.70. The maximum Gasteiger partial charge on any atom is 0.254 e. The number of rotatable bonds is 6. The van der Waals surface area contributed by atoms with Gasteiger partial charge in [-0.15, -0.1) is 0 Å². The number of hydrogen-bond donors (Lipinski definition) is 3. The molecular weight excluding hydrogens is 387 g/mol. The molecule has 8 nitrogen and oxygen atoms in total. The first-order valence-electron chi connectivity index (χ1n) is 9.54. The molecular formula is C18H27FN4O4S. The highest BCUT2D eigenvalue weighted by Gasteiger charge is 2.28.